The lowest BCUT2D eigenvalue weighted by atomic mass is 9.89. The van der Waals surface area contributed by atoms with Gasteiger partial charge in [0.25, 0.3) is 0 Å². The van der Waals surface area contributed by atoms with Crippen molar-refractivity contribution < 1.29 is 17.4 Å². The van der Waals surface area contributed by atoms with Crippen LogP contribution in [0.15, 0.2) is 54.7 Å². The molecule has 2 N–H and O–H groups in total. The zero-order valence-electron chi connectivity index (χ0n) is 18.2. The highest BCUT2D eigenvalue weighted by Crippen LogP contribution is 2.35. The van der Waals surface area contributed by atoms with E-state index in [1.807, 2.05) is 24.3 Å². The molecule has 8 heteroatoms. The largest absolute Gasteiger partial charge is 0.420 e. The fraction of sp³-hybridized carbons (Fsp3) is 0.375. The standard InChI is InChI=1S/C24H29N3O4S/c1-26-12-9-20(10-13-26)22-17-27(16-19-5-3-2-4-6-19)23-8-7-18(15-21(22)23)11-14-32(29,30)31-24(25)28/h2-8,15,17,20H,9-14,16H2,1H3,(H2,25,28). The van der Waals surface area contributed by atoms with Gasteiger partial charge >= 0.3 is 16.2 Å². The SMILES string of the molecule is CN1CCC(c2cn(Cc3ccccc3)c3ccc(CCS(=O)(=O)OC(N)=O)cc23)CC1. The predicted molar refractivity (Wildman–Crippen MR) is 125 cm³/mol. The molecule has 1 amide bonds. The maximum absolute atomic E-state index is 11.9. The zero-order chi connectivity index (χ0) is 22.7. The van der Waals surface area contributed by atoms with E-state index in [0.29, 0.717) is 5.92 Å². The van der Waals surface area contributed by atoms with Gasteiger partial charge in [-0.25, -0.2) is 4.79 Å². The molecule has 0 bridgehead atoms. The van der Waals surface area contributed by atoms with Gasteiger partial charge in [-0.05, 0) is 74.1 Å². The number of aromatic nitrogens is 1. The molecule has 1 saturated heterocycles. The summed E-state index contributed by atoms with van der Waals surface area (Å²) in [5, 5.41) is 1.17. The minimum Gasteiger partial charge on any atom is -0.343 e. The summed E-state index contributed by atoms with van der Waals surface area (Å²) in [5.41, 5.74) is 9.44. The summed E-state index contributed by atoms with van der Waals surface area (Å²) in [5.74, 6) is 0.179. The Balaban J connectivity index is 1.66. The lowest BCUT2D eigenvalue weighted by Gasteiger charge is -2.28. The Labute approximate surface area is 188 Å². The number of nitrogens with zero attached hydrogens (tertiary/aromatic N) is 2. The number of primary amides is 1. The summed E-state index contributed by atoms with van der Waals surface area (Å²) in [6.45, 7) is 2.92. The monoisotopic (exact) mass is 455 g/mol. The first kappa shape index (κ1) is 22.4. The lowest BCUT2D eigenvalue weighted by Crippen LogP contribution is -2.29. The van der Waals surface area contributed by atoms with Crippen LogP contribution in [0, 0.1) is 0 Å². The van der Waals surface area contributed by atoms with E-state index in [1.54, 1.807) is 0 Å². The van der Waals surface area contributed by atoms with Gasteiger partial charge in [-0.1, -0.05) is 36.4 Å². The Morgan fingerprint density at radius 3 is 2.50 bits per heavy atom. The van der Waals surface area contributed by atoms with Crippen LogP contribution in [0.5, 0.6) is 0 Å². The van der Waals surface area contributed by atoms with Gasteiger partial charge in [0.2, 0.25) is 0 Å². The van der Waals surface area contributed by atoms with E-state index < -0.39 is 16.2 Å². The van der Waals surface area contributed by atoms with Crippen molar-refractivity contribution in [3.05, 3.63) is 71.4 Å². The average Bonchev–Trinajstić information content (AvgIpc) is 3.10. The van der Waals surface area contributed by atoms with Gasteiger partial charge in [-0.3, -0.25) is 0 Å². The van der Waals surface area contributed by atoms with Crippen molar-refractivity contribution in [3.63, 3.8) is 0 Å². The molecule has 0 aliphatic carbocycles. The summed E-state index contributed by atoms with van der Waals surface area (Å²) >= 11 is 0. The number of benzene rings is 2. The van der Waals surface area contributed by atoms with Crippen molar-refractivity contribution >= 4 is 27.1 Å². The summed E-state index contributed by atoms with van der Waals surface area (Å²) in [6.07, 6.45) is 3.42. The highest BCUT2D eigenvalue weighted by Gasteiger charge is 2.23. The molecule has 1 aliphatic rings. The second kappa shape index (κ2) is 9.34. The number of hydrogen-bond acceptors (Lipinski definition) is 5. The first-order valence-corrected chi connectivity index (χ1v) is 12.4. The summed E-state index contributed by atoms with van der Waals surface area (Å²) in [7, 11) is -1.84. The van der Waals surface area contributed by atoms with E-state index in [9.17, 15) is 13.2 Å². The van der Waals surface area contributed by atoms with Gasteiger partial charge in [0.1, 0.15) is 0 Å². The molecule has 1 aromatic heterocycles. The number of carbonyl (C=O) groups is 1. The molecule has 0 unspecified atom stereocenters. The molecular weight excluding hydrogens is 426 g/mol. The topological polar surface area (TPSA) is 94.6 Å². The van der Waals surface area contributed by atoms with Crippen LogP contribution in [0.2, 0.25) is 0 Å². The van der Waals surface area contributed by atoms with Crippen LogP contribution >= 0.6 is 0 Å². The van der Waals surface area contributed by atoms with Gasteiger partial charge in [-0.2, -0.15) is 8.42 Å². The van der Waals surface area contributed by atoms with Crippen molar-refractivity contribution in [3.8, 4) is 0 Å². The van der Waals surface area contributed by atoms with Crippen LogP contribution in [0.25, 0.3) is 10.9 Å². The number of likely N-dealkylation sites (tertiary alicyclic amines) is 1. The van der Waals surface area contributed by atoms with Crippen molar-refractivity contribution in [2.75, 3.05) is 25.9 Å². The molecular formula is C24H29N3O4S. The smallest absolute Gasteiger partial charge is 0.343 e. The number of rotatable bonds is 7. The highest BCUT2D eigenvalue weighted by atomic mass is 32.2. The van der Waals surface area contributed by atoms with Crippen LogP contribution in [0.3, 0.4) is 0 Å². The van der Waals surface area contributed by atoms with Crippen LogP contribution in [-0.4, -0.2) is 49.9 Å². The quantitative estimate of drug-likeness (QED) is 0.551. The Bertz CT molecular complexity index is 1200. The average molecular weight is 456 g/mol. The molecule has 4 rings (SSSR count). The van der Waals surface area contributed by atoms with Crippen LogP contribution in [0.4, 0.5) is 4.79 Å². The molecule has 2 aromatic carbocycles. The predicted octanol–water partition coefficient (Wildman–Crippen LogP) is 3.47. The number of amides is 1. The molecule has 2 heterocycles. The number of fused-ring (bicyclic) bond motifs is 1. The molecule has 0 atom stereocenters. The minimum atomic E-state index is -3.99. The van der Waals surface area contributed by atoms with Gasteiger partial charge in [0, 0.05) is 23.6 Å². The molecule has 3 aromatic rings. The second-order valence-electron chi connectivity index (χ2n) is 8.54. The van der Waals surface area contributed by atoms with Gasteiger partial charge < -0.3 is 19.4 Å². The van der Waals surface area contributed by atoms with Crippen molar-refractivity contribution in [2.24, 2.45) is 5.73 Å². The van der Waals surface area contributed by atoms with Crippen molar-refractivity contribution in [1.82, 2.24) is 9.47 Å². The molecule has 170 valence electrons. The van der Waals surface area contributed by atoms with E-state index in [4.69, 9.17) is 5.73 Å². The van der Waals surface area contributed by atoms with Crippen molar-refractivity contribution in [2.45, 2.75) is 31.7 Å². The Hall–Kier alpha value is -2.84. The van der Waals surface area contributed by atoms with Crippen molar-refractivity contribution in [1.29, 1.82) is 0 Å². The van der Waals surface area contributed by atoms with E-state index >= 15 is 0 Å². The normalized spacial score (nSPS) is 15.8. The first-order valence-electron chi connectivity index (χ1n) is 10.9. The van der Waals surface area contributed by atoms with E-state index in [1.165, 1.54) is 16.5 Å². The van der Waals surface area contributed by atoms with Gasteiger partial charge in [-0.15, -0.1) is 0 Å². The van der Waals surface area contributed by atoms with Gasteiger partial charge in [0.05, 0.1) is 5.75 Å². The van der Waals surface area contributed by atoms with E-state index in [2.05, 4.69) is 51.2 Å². The summed E-state index contributed by atoms with van der Waals surface area (Å²) in [6, 6.07) is 16.5. The molecule has 1 fully saturated rings. The third kappa shape index (κ3) is 5.31. The van der Waals surface area contributed by atoms with Gasteiger partial charge in [0.15, 0.2) is 0 Å². The number of piperidine rings is 1. The highest BCUT2D eigenvalue weighted by molar-refractivity contribution is 7.87. The third-order valence-corrected chi connectivity index (χ3v) is 7.30. The van der Waals surface area contributed by atoms with Crippen LogP contribution in [-0.2, 0) is 27.3 Å². The zero-order valence-corrected chi connectivity index (χ0v) is 19.1. The Morgan fingerprint density at radius 1 is 1.09 bits per heavy atom. The fourth-order valence-corrected chi connectivity index (χ4v) is 5.31. The van der Waals surface area contributed by atoms with E-state index in [-0.39, 0.29) is 12.2 Å². The molecule has 0 spiro atoms. The number of carbonyl (C=O) groups excluding carboxylic acids is 1. The fourth-order valence-electron chi connectivity index (χ4n) is 4.49. The Morgan fingerprint density at radius 2 is 1.81 bits per heavy atom. The Kier molecular flexibility index (Phi) is 6.53. The summed E-state index contributed by atoms with van der Waals surface area (Å²) in [4.78, 5) is 13.2. The number of hydrogen-bond donors (Lipinski definition) is 1. The molecule has 7 nitrogen and oxygen atoms in total. The third-order valence-electron chi connectivity index (χ3n) is 6.18. The minimum absolute atomic E-state index is 0.252. The molecule has 32 heavy (non-hydrogen) atoms. The molecule has 1 aliphatic heterocycles. The number of nitrogens with two attached hydrogens (primary N) is 1. The maximum atomic E-state index is 11.9. The molecule has 0 saturated carbocycles. The van der Waals surface area contributed by atoms with E-state index in [0.717, 1.165) is 43.6 Å². The molecule has 0 radical (unpaired) electrons. The maximum Gasteiger partial charge on any atom is 0.420 e. The van der Waals surface area contributed by atoms with Crippen LogP contribution < -0.4 is 5.73 Å². The number of aryl methyl sites for hydroxylation is 1. The summed E-state index contributed by atoms with van der Waals surface area (Å²) < 4.78 is 30.3. The lowest BCUT2D eigenvalue weighted by molar-refractivity contribution is 0.213. The first-order chi connectivity index (χ1) is 15.3. The van der Waals surface area contributed by atoms with Crippen LogP contribution in [0.1, 0.15) is 35.4 Å². The second-order valence-corrected chi connectivity index (χ2v) is 10.2.